The van der Waals surface area contributed by atoms with Crippen LogP contribution in [0.15, 0.2) is 36.9 Å². The van der Waals surface area contributed by atoms with Gasteiger partial charge in [-0.25, -0.2) is 19.9 Å². The number of pyridine rings is 2. The number of likely N-dealkylation sites (tertiary alicyclic amines) is 1. The Hall–Kier alpha value is -5.59. The van der Waals surface area contributed by atoms with E-state index in [2.05, 4.69) is 40.4 Å². The Morgan fingerprint density at radius 1 is 0.815 bits per heavy atom. The normalized spacial score (nSPS) is 24.7. The van der Waals surface area contributed by atoms with E-state index < -0.39 is 17.6 Å². The Labute approximate surface area is 376 Å². The average Bonchev–Trinajstić information content (AvgIpc) is 3.79. The number of carbonyl (C=O) groups excluding carboxylic acids is 4. The van der Waals surface area contributed by atoms with E-state index in [1.807, 2.05) is 26.8 Å². The van der Waals surface area contributed by atoms with Crippen LogP contribution in [0.1, 0.15) is 86.1 Å². The van der Waals surface area contributed by atoms with Gasteiger partial charge in [-0.05, 0) is 81.0 Å². The lowest BCUT2D eigenvalue weighted by Crippen LogP contribution is -2.52. The lowest BCUT2D eigenvalue weighted by Gasteiger charge is -2.40. The van der Waals surface area contributed by atoms with Crippen molar-refractivity contribution in [2.45, 2.75) is 88.9 Å². The summed E-state index contributed by atoms with van der Waals surface area (Å²) in [7, 11) is 1.17. The summed E-state index contributed by atoms with van der Waals surface area (Å²) in [6, 6.07) is 4.91. The summed E-state index contributed by atoms with van der Waals surface area (Å²) in [6.45, 7) is 7.89. The number of imide groups is 1. The van der Waals surface area contributed by atoms with Crippen molar-refractivity contribution in [1.29, 1.82) is 0 Å². The molecule has 9 rings (SSSR count). The van der Waals surface area contributed by atoms with Gasteiger partial charge in [0, 0.05) is 114 Å². The predicted octanol–water partition coefficient (Wildman–Crippen LogP) is 4.26. The van der Waals surface area contributed by atoms with Crippen molar-refractivity contribution in [3.8, 4) is 5.88 Å². The standard InChI is InChI=1S/C46H58F3N11O5/c1-65-43-37(46(47,48)49)23-34(24-51-43)59-17-12-38-36(27-59)41(53-28-52-38)54-33-11-16-60(26-33)45(64)31-4-2-30(3-5-31)44(63)58-20-18-56(19-21-58)25-29-9-14-57(15-10-29)39-22-32(8-13-50-39)35-6-7-40(61)55-42(35)62/h8,13,22-24,28-31,33,35H,2-7,9-12,14-21,25-27H2,1H3,(H,52,53,54)(H,55,61,62)/t30?,31?,33-,35?/m0/s1. The number of halogens is 3. The Morgan fingerprint density at radius 3 is 2.26 bits per heavy atom. The van der Waals surface area contributed by atoms with E-state index in [9.17, 15) is 32.3 Å². The number of hydrogen-bond donors (Lipinski definition) is 2. The van der Waals surface area contributed by atoms with Crippen molar-refractivity contribution in [2.75, 3.05) is 87.7 Å². The molecular formula is C46H58F3N11O5. The number of ether oxygens (including phenoxy) is 1. The van der Waals surface area contributed by atoms with Gasteiger partial charge in [-0.3, -0.25) is 29.4 Å². The molecule has 0 radical (unpaired) electrons. The van der Waals surface area contributed by atoms with Gasteiger partial charge >= 0.3 is 6.18 Å². The number of alkyl halides is 3. The van der Waals surface area contributed by atoms with E-state index in [-0.39, 0.29) is 47.4 Å². The van der Waals surface area contributed by atoms with Crippen LogP contribution in [-0.2, 0) is 38.3 Å². The number of amides is 4. The molecule has 0 aromatic carbocycles. The molecule has 65 heavy (non-hydrogen) atoms. The summed E-state index contributed by atoms with van der Waals surface area (Å²) in [5.74, 6) is 1.03. The van der Waals surface area contributed by atoms with Crippen LogP contribution in [0.25, 0.3) is 0 Å². The highest BCUT2D eigenvalue weighted by Crippen LogP contribution is 2.39. The SMILES string of the molecule is COc1ncc(N2CCc3ncnc(N[C@H]4CCN(C(=O)C5CCC(C(=O)N6CCN(CC7CCN(c8cc(C9CCC(=O)NC9=O)ccn8)CC7)CC6)CC5)C4)c3C2)cc1C(F)(F)F. The third-order valence-electron chi connectivity index (χ3n) is 14.5. The minimum Gasteiger partial charge on any atom is -0.481 e. The lowest BCUT2D eigenvalue weighted by molar-refractivity contribution is -0.142. The molecule has 16 nitrogen and oxygen atoms in total. The van der Waals surface area contributed by atoms with E-state index in [1.54, 1.807) is 6.20 Å². The number of methoxy groups -OCH3 is 1. The van der Waals surface area contributed by atoms with E-state index in [1.165, 1.54) is 19.6 Å². The van der Waals surface area contributed by atoms with Gasteiger partial charge in [-0.15, -0.1) is 0 Å². The second-order valence-electron chi connectivity index (χ2n) is 18.5. The monoisotopic (exact) mass is 901 g/mol. The van der Waals surface area contributed by atoms with Crippen molar-refractivity contribution in [3.63, 3.8) is 0 Å². The Kier molecular flexibility index (Phi) is 13.1. The minimum atomic E-state index is -4.61. The molecule has 1 saturated carbocycles. The zero-order valence-electron chi connectivity index (χ0n) is 36.9. The molecule has 4 saturated heterocycles. The first kappa shape index (κ1) is 44.6. The zero-order valence-corrected chi connectivity index (χ0v) is 36.9. The maximum atomic E-state index is 13.8. The van der Waals surface area contributed by atoms with Crippen molar-refractivity contribution in [1.82, 2.24) is 40.0 Å². The first-order valence-electron chi connectivity index (χ1n) is 23.2. The molecule has 8 heterocycles. The maximum absolute atomic E-state index is 13.8. The van der Waals surface area contributed by atoms with Gasteiger partial charge in [-0.2, -0.15) is 13.2 Å². The van der Waals surface area contributed by atoms with Crippen LogP contribution in [0, 0.1) is 17.8 Å². The number of rotatable bonds is 10. The Balaban J connectivity index is 0.695. The molecule has 5 fully saturated rings. The van der Waals surface area contributed by atoms with E-state index in [0.717, 1.165) is 93.8 Å². The zero-order chi connectivity index (χ0) is 45.2. The van der Waals surface area contributed by atoms with Crippen LogP contribution in [0.4, 0.5) is 30.5 Å². The highest BCUT2D eigenvalue weighted by molar-refractivity contribution is 6.01. The summed E-state index contributed by atoms with van der Waals surface area (Å²) in [6.07, 6.45) is 7.12. The molecule has 2 atom stereocenters. The van der Waals surface area contributed by atoms with Gasteiger partial charge in [0.25, 0.3) is 0 Å². The number of piperazine rings is 1. The number of fused-ring (bicyclic) bond motifs is 1. The van der Waals surface area contributed by atoms with Crippen LogP contribution in [0.5, 0.6) is 5.88 Å². The molecule has 1 unspecified atom stereocenters. The van der Waals surface area contributed by atoms with Crippen molar-refractivity contribution < 1.29 is 37.1 Å². The number of anilines is 3. The van der Waals surface area contributed by atoms with Crippen LogP contribution >= 0.6 is 0 Å². The number of carbonyl (C=O) groups is 4. The minimum absolute atomic E-state index is 0.0363. The predicted molar refractivity (Wildman–Crippen MR) is 234 cm³/mol. The van der Waals surface area contributed by atoms with Crippen molar-refractivity contribution in [2.24, 2.45) is 17.8 Å². The van der Waals surface area contributed by atoms with Crippen LogP contribution in [-0.4, -0.2) is 137 Å². The van der Waals surface area contributed by atoms with Gasteiger partial charge in [0.05, 0.1) is 30.6 Å². The Morgan fingerprint density at radius 2 is 1.55 bits per heavy atom. The van der Waals surface area contributed by atoms with Crippen LogP contribution in [0.3, 0.4) is 0 Å². The fourth-order valence-electron chi connectivity index (χ4n) is 10.7. The highest BCUT2D eigenvalue weighted by atomic mass is 19.4. The van der Waals surface area contributed by atoms with Gasteiger partial charge in [0.15, 0.2) is 0 Å². The molecule has 348 valence electrons. The highest BCUT2D eigenvalue weighted by Gasteiger charge is 2.39. The second kappa shape index (κ2) is 19.1. The fourth-order valence-corrected chi connectivity index (χ4v) is 10.7. The van der Waals surface area contributed by atoms with Gasteiger partial charge in [0.1, 0.15) is 23.5 Å². The number of nitrogens with one attached hydrogen (secondary N) is 2. The topological polar surface area (TPSA) is 169 Å². The lowest BCUT2D eigenvalue weighted by atomic mass is 9.80. The summed E-state index contributed by atoms with van der Waals surface area (Å²) in [4.78, 5) is 79.7. The van der Waals surface area contributed by atoms with Gasteiger partial charge < -0.3 is 29.7 Å². The van der Waals surface area contributed by atoms with E-state index in [4.69, 9.17) is 4.74 Å². The van der Waals surface area contributed by atoms with E-state index in [0.29, 0.717) is 88.5 Å². The molecule has 1 aliphatic carbocycles. The summed E-state index contributed by atoms with van der Waals surface area (Å²) in [5, 5.41) is 5.98. The number of nitrogens with zero attached hydrogens (tertiary/aromatic N) is 9. The molecule has 19 heteroatoms. The molecule has 5 aliphatic heterocycles. The number of piperidine rings is 2. The molecule has 4 amide bonds. The van der Waals surface area contributed by atoms with Crippen LogP contribution in [0.2, 0.25) is 0 Å². The van der Waals surface area contributed by atoms with Gasteiger partial charge in [-0.1, -0.05) is 0 Å². The number of hydrogen-bond acceptors (Lipinski definition) is 13. The molecule has 0 bridgehead atoms. The number of aromatic nitrogens is 4. The van der Waals surface area contributed by atoms with Crippen molar-refractivity contribution in [3.05, 3.63) is 59.3 Å². The van der Waals surface area contributed by atoms with Crippen molar-refractivity contribution >= 4 is 41.0 Å². The molecule has 3 aromatic rings. The first-order chi connectivity index (χ1) is 31.4. The molecular weight excluding hydrogens is 844 g/mol. The summed E-state index contributed by atoms with van der Waals surface area (Å²) >= 11 is 0. The largest absolute Gasteiger partial charge is 0.481 e. The Bertz CT molecular complexity index is 2240. The fraction of sp³-hybridized carbons (Fsp3) is 0.609. The first-order valence-corrected chi connectivity index (χ1v) is 23.2. The van der Waals surface area contributed by atoms with Crippen LogP contribution < -0.4 is 25.2 Å². The van der Waals surface area contributed by atoms with Gasteiger partial charge in [0.2, 0.25) is 29.5 Å². The summed E-state index contributed by atoms with van der Waals surface area (Å²) < 4.78 is 46.2. The smallest absolute Gasteiger partial charge is 0.421 e. The third-order valence-corrected chi connectivity index (χ3v) is 14.5. The quantitative estimate of drug-likeness (QED) is 0.278. The average molecular weight is 902 g/mol. The third kappa shape index (κ3) is 9.99. The summed E-state index contributed by atoms with van der Waals surface area (Å²) in [5.41, 5.74) is 1.98. The molecule has 6 aliphatic rings. The second-order valence-corrected chi connectivity index (χ2v) is 18.5. The maximum Gasteiger partial charge on any atom is 0.421 e. The molecule has 2 N–H and O–H groups in total. The molecule has 0 spiro atoms. The van der Waals surface area contributed by atoms with E-state index >= 15 is 0 Å². The molecule has 3 aromatic heterocycles.